The third kappa shape index (κ3) is 4.82. The summed E-state index contributed by atoms with van der Waals surface area (Å²) >= 11 is 0. The molecular formula is C10H21ClN2O2. The Hall–Kier alpha value is -0.320. The van der Waals surface area contributed by atoms with Crippen LogP contribution in [-0.4, -0.2) is 43.7 Å². The fourth-order valence-electron chi connectivity index (χ4n) is 1.71. The van der Waals surface area contributed by atoms with Crippen LogP contribution in [-0.2, 0) is 9.53 Å². The highest BCUT2D eigenvalue weighted by molar-refractivity contribution is 5.85. The largest absolute Gasteiger partial charge is 0.381 e. The van der Waals surface area contributed by atoms with Gasteiger partial charge in [-0.2, -0.15) is 0 Å². The Morgan fingerprint density at radius 3 is 2.87 bits per heavy atom. The molecular weight excluding hydrogens is 216 g/mol. The van der Waals surface area contributed by atoms with Gasteiger partial charge in [0.15, 0.2) is 0 Å². The summed E-state index contributed by atoms with van der Waals surface area (Å²) in [5.74, 6) is 0.709. The number of nitrogens with two attached hydrogens (primary N) is 1. The standard InChI is InChI=1S/C10H20N2O2.ClH/c1-2-14-6-4-10(13)12-5-3-9(7-11)8-12;/h9H,2-8,11H2,1H3;1H. The van der Waals surface area contributed by atoms with Crippen molar-refractivity contribution in [1.29, 1.82) is 0 Å². The van der Waals surface area contributed by atoms with Gasteiger partial charge in [-0.15, -0.1) is 12.4 Å². The lowest BCUT2D eigenvalue weighted by Gasteiger charge is -2.15. The Labute approximate surface area is 97.5 Å². The van der Waals surface area contributed by atoms with E-state index in [1.165, 1.54) is 0 Å². The first-order valence-corrected chi connectivity index (χ1v) is 5.33. The topological polar surface area (TPSA) is 55.6 Å². The van der Waals surface area contributed by atoms with E-state index in [4.69, 9.17) is 10.5 Å². The summed E-state index contributed by atoms with van der Waals surface area (Å²) in [6.07, 6.45) is 1.56. The summed E-state index contributed by atoms with van der Waals surface area (Å²) in [5, 5.41) is 0. The quantitative estimate of drug-likeness (QED) is 0.713. The number of nitrogens with zero attached hydrogens (tertiary/aromatic N) is 1. The summed E-state index contributed by atoms with van der Waals surface area (Å²) in [6, 6.07) is 0. The summed E-state index contributed by atoms with van der Waals surface area (Å²) in [4.78, 5) is 13.5. The van der Waals surface area contributed by atoms with Crippen LogP contribution >= 0.6 is 12.4 Å². The number of carbonyl (C=O) groups excluding carboxylic acids is 1. The number of hydrogen-bond acceptors (Lipinski definition) is 3. The second-order valence-corrected chi connectivity index (χ2v) is 3.68. The van der Waals surface area contributed by atoms with Crippen molar-refractivity contribution in [3.63, 3.8) is 0 Å². The van der Waals surface area contributed by atoms with Crippen molar-refractivity contribution in [3.8, 4) is 0 Å². The fourth-order valence-corrected chi connectivity index (χ4v) is 1.71. The average molecular weight is 237 g/mol. The van der Waals surface area contributed by atoms with E-state index < -0.39 is 0 Å². The van der Waals surface area contributed by atoms with Crippen LogP contribution in [0, 0.1) is 5.92 Å². The maximum Gasteiger partial charge on any atom is 0.224 e. The SMILES string of the molecule is CCOCCC(=O)N1CCC(CN)C1.Cl. The molecule has 1 amide bonds. The van der Waals surface area contributed by atoms with Gasteiger partial charge in [0.1, 0.15) is 0 Å². The van der Waals surface area contributed by atoms with Crippen molar-refractivity contribution in [3.05, 3.63) is 0 Å². The number of hydrogen-bond donors (Lipinski definition) is 1. The predicted octanol–water partition coefficient (Wildman–Crippen LogP) is 0.642. The molecule has 1 heterocycles. The Kier molecular flexibility index (Phi) is 7.74. The molecule has 1 saturated heterocycles. The zero-order valence-corrected chi connectivity index (χ0v) is 10.1. The van der Waals surface area contributed by atoms with E-state index >= 15 is 0 Å². The molecule has 15 heavy (non-hydrogen) atoms. The molecule has 0 aliphatic carbocycles. The molecule has 90 valence electrons. The van der Waals surface area contributed by atoms with Gasteiger partial charge >= 0.3 is 0 Å². The highest BCUT2D eigenvalue weighted by Gasteiger charge is 2.24. The minimum atomic E-state index is 0. The second-order valence-electron chi connectivity index (χ2n) is 3.68. The van der Waals surface area contributed by atoms with Gasteiger partial charge < -0.3 is 15.4 Å². The fraction of sp³-hybridized carbons (Fsp3) is 0.900. The summed E-state index contributed by atoms with van der Waals surface area (Å²) in [5.41, 5.74) is 5.56. The molecule has 1 fully saturated rings. The number of ether oxygens (including phenoxy) is 1. The Morgan fingerprint density at radius 1 is 1.60 bits per heavy atom. The summed E-state index contributed by atoms with van der Waals surface area (Å²) < 4.78 is 5.14. The van der Waals surface area contributed by atoms with Crippen molar-refractivity contribution in [2.75, 3.05) is 32.8 Å². The van der Waals surface area contributed by atoms with E-state index in [0.29, 0.717) is 32.1 Å². The lowest BCUT2D eigenvalue weighted by atomic mass is 10.1. The van der Waals surface area contributed by atoms with Gasteiger partial charge in [0.05, 0.1) is 13.0 Å². The Bertz CT molecular complexity index is 190. The second kappa shape index (κ2) is 7.91. The minimum Gasteiger partial charge on any atom is -0.381 e. The van der Waals surface area contributed by atoms with Gasteiger partial charge in [0.2, 0.25) is 5.91 Å². The first-order valence-electron chi connectivity index (χ1n) is 5.33. The first-order chi connectivity index (χ1) is 6.77. The highest BCUT2D eigenvalue weighted by atomic mass is 35.5. The smallest absolute Gasteiger partial charge is 0.224 e. The summed E-state index contributed by atoms with van der Waals surface area (Å²) in [7, 11) is 0. The van der Waals surface area contributed by atoms with Gasteiger partial charge in [0.25, 0.3) is 0 Å². The lowest BCUT2D eigenvalue weighted by molar-refractivity contribution is -0.131. The number of rotatable bonds is 5. The molecule has 0 aromatic rings. The number of likely N-dealkylation sites (tertiary alicyclic amines) is 1. The molecule has 2 N–H and O–H groups in total. The third-order valence-corrected chi connectivity index (χ3v) is 2.64. The lowest BCUT2D eigenvalue weighted by Crippen LogP contribution is -2.30. The van der Waals surface area contributed by atoms with Crippen molar-refractivity contribution in [2.45, 2.75) is 19.8 Å². The molecule has 0 radical (unpaired) electrons. The number of halogens is 1. The Balaban J connectivity index is 0.00000196. The normalized spacial score (nSPS) is 20.1. The van der Waals surface area contributed by atoms with E-state index in [2.05, 4.69) is 0 Å². The molecule has 5 heteroatoms. The Morgan fingerprint density at radius 2 is 2.33 bits per heavy atom. The monoisotopic (exact) mass is 236 g/mol. The van der Waals surface area contributed by atoms with E-state index in [-0.39, 0.29) is 18.3 Å². The van der Waals surface area contributed by atoms with Crippen molar-refractivity contribution in [2.24, 2.45) is 11.7 Å². The van der Waals surface area contributed by atoms with E-state index in [1.54, 1.807) is 0 Å². The minimum absolute atomic E-state index is 0. The van der Waals surface area contributed by atoms with E-state index in [1.807, 2.05) is 11.8 Å². The average Bonchev–Trinajstić information content (AvgIpc) is 2.66. The molecule has 1 unspecified atom stereocenters. The zero-order chi connectivity index (χ0) is 10.4. The number of amides is 1. The van der Waals surface area contributed by atoms with Crippen LogP contribution < -0.4 is 5.73 Å². The maximum absolute atomic E-state index is 11.6. The maximum atomic E-state index is 11.6. The number of carbonyl (C=O) groups is 1. The van der Waals surface area contributed by atoms with Crippen molar-refractivity contribution >= 4 is 18.3 Å². The van der Waals surface area contributed by atoms with Crippen LogP contribution in [0.15, 0.2) is 0 Å². The highest BCUT2D eigenvalue weighted by Crippen LogP contribution is 2.15. The third-order valence-electron chi connectivity index (χ3n) is 2.64. The van der Waals surface area contributed by atoms with Gasteiger partial charge in [-0.25, -0.2) is 0 Å². The van der Waals surface area contributed by atoms with Crippen LogP contribution in [0.25, 0.3) is 0 Å². The molecule has 0 spiro atoms. The van der Waals surface area contributed by atoms with Crippen LogP contribution in [0.5, 0.6) is 0 Å². The van der Waals surface area contributed by atoms with Crippen LogP contribution in [0.3, 0.4) is 0 Å². The summed E-state index contributed by atoms with van der Waals surface area (Å²) in [6.45, 7) is 5.55. The van der Waals surface area contributed by atoms with E-state index in [0.717, 1.165) is 19.5 Å². The molecule has 1 aliphatic rings. The molecule has 4 nitrogen and oxygen atoms in total. The molecule has 1 aliphatic heterocycles. The van der Waals surface area contributed by atoms with Crippen LogP contribution in [0.4, 0.5) is 0 Å². The van der Waals surface area contributed by atoms with Crippen LogP contribution in [0.2, 0.25) is 0 Å². The molecule has 0 saturated carbocycles. The van der Waals surface area contributed by atoms with Gasteiger partial charge in [-0.3, -0.25) is 4.79 Å². The van der Waals surface area contributed by atoms with Gasteiger partial charge in [-0.05, 0) is 25.8 Å². The van der Waals surface area contributed by atoms with E-state index in [9.17, 15) is 4.79 Å². The molecule has 1 atom stereocenters. The molecule has 0 aromatic carbocycles. The van der Waals surface area contributed by atoms with Crippen molar-refractivity contribution in [1.82, 2.24) is 4.90 Å². The first kappa shape index (κ1) is 14.7. The predicted molar refractivity (Wildman–Crippen MR) is 62.1 cm³/mol. The van der Waals surface area contributed by atoms with Crippen LogP contribution in [0.1, 0.15) is 19.8 Å². The molecule has 1 rings (SSSR count). The van der Waals surface area contributed by atoms with Crippen molar-refractivity contribution < 1.29 is 9.53 Å². The van der Waals surface area contributed by atoms with Gasteiger partial charge in [0, 0.05) is 19.7 Å². The zero-order valence-electron chi connectivity index (χ0n) is 9.28. The van der Waals surface area contributed by atoms with Gasteiger partial charge in [-0.1, -0.05) is 0 Å². The molecule has 0 bridgehead atoms. The molecule has 0 aromatic heterocycles.